The first-order valence-corrected chi connectivity index (χ1v) is 19.0. The van der Waals surface area contributed by atoms with Gasteiger partial charge in [-0.3, -0.25) is 0 Å². The number of halogens is 2. The van der Waals surface area contributed by atoms with Crippen LogP contribution in [0.2, 0.25) is 11.5 Å². The van der Waals surface area contributed by atoms with E-state index in [1.807, 2.05) is 3.88 Å². The minimum atomic E-state index is -1.25. The van der Waals surface area contributed by atoms with Crippen molar-refractivity contribution in [3.63, 3.8) is 0 Å². The van der Waals surface area contributed by atoms with E-state index in [9.17, 15) is 0 Å². The van der Waals surface area contributed by atoms with Crippen LogP contribution in [0.1, 0.15) is 21.8 Å². The Morgan fingerprint density at radius 3 is 1.88 bits per heavy atom. The summed E-state index contributed by atoms with van der Waals surface area (Å²) in [7, 11) is -0.942. The molecule has 0 radical (unpaired) electrons. The summed E-state index contributed by atoms with van der Waals surface area (Å²) in [5.74, 6) is 5.22. The van der Waals surface area contributed by atoms with Crippen LogP contribution in [-0.2, 0) is 15.1 Å². The molecule has 24 heavy (non-hydrogen) atoms. The van der Waals surface area contributed by atoms with Gasteiger partial charge in [-0.2, -0.15) is 0 Å². The van der Waals surface area contributed by atoms with Gasteiger partial charge in [0.05, 0.1) is 0 Å². The van der Waals surface area contributed by atoms with Crippen LogP contribution in [0.5, 0.6) is 0 Å². The molecule has 4 rings (SSSR count). The summed E-state index contributed by atoms with van der Waals surface area (Å²) < 4.78 is 2.57. The average molecular weight is 454 g/mol. The molecule has 0 unspecified atom stereocenters. The molecular weight excluding hydrogens is 432 g/mol. The molecule has 0 bridgehead atoms. The molecular formula is C20H22Cl2GeTi. The van der Waals surface area contributed by atoms with Gasteiger partial charge in [0.1, 0.15) is 0 Å². The Hall–Kier alpha value is -0.243. The van der Waals surface area contributed by atoms with Gasteiger partial charge in [-0.05, 0) is 0 Å². The van der Waals surface area contributed by atoms with Crippen LogP contribution in [0.3, 0.4) is 0 Å². The Morgan fingerprint density at radius 2 is 1.42 bits per heavy atom. The summed E-state index contributed by atoms with van der Waals surface area (Å²) in [6.45, 7) is 0. The quantitative estimate of drug-likeness (QED) is 0.467. The summed E-state index contributed by atoms with van der Waals surface area (Å²) in [5.41, 5.74) is 6.25. The topological polar surface area (TPSA) is 0 Å². The molecule has 0 spiro atoms. The predicted octanol–water partition coefficient (Wildman–Crippen LogP) is 6.31. The molecule has 2 aliphatic carbocycles. The van der Waals surface area contributed by atoms with E-state index in [0.717, 1.165) is 4.22 Å². The summed E-state index contributed by atoms with van der Waals surface area (Å²) >= 11 is -1.25. The van der Waals surface area contributed by atoms with E-state index in [1.54, 1.807) is 11.1 Å². The van der Waals surface area contributed by atoms with Crippen LogP contribution in [0, 0.1) is 0 Å². The first kappa shape index (κ1) is 20.1. The number of hydrogen-bond acceptors (Lipinski definition) is 0. The molecule has 0 amide bonds. The van der Waals surface area contributed by atoms with Crippen LogP contribution >= 0.6 is 24.8 Å². The fourth-order valence-corrected chi connectivity index (χ4v) is 24.0. The third-order valence-corrected chi connectivity index (χ3v) is 24.6. The van der Waals surface area contributed by atoms with Gasteiger partial charge in [0.2, 0.25) is 0 Å². The van der Waals surface area contributed by atoms with Crippen molar-refractivity contribution in [3.05, 3.63) is 81.8 Å². The van der Waals surface area contributed by atoms with Crippen molar-refractivity contribution in [3.8, 4) is 11.1 Å². The average Bonchev–Trinajstić information content (AvgIpc) is 3.16. The molecule has 0 aromatic heterocycles. The van der Waals surface area contributed by atoms with E-state index >= 15 is 0 Å². The third-order valence-electron chi connectivity index (χ3n) is 4.78. The molecule has 124 valence electrons. The Labute approximate surface area is 164 Å². The standard InChI is InChI=1S/C13H9.C5H5.C2H6Ge.2ClH.Ti/c1-3-7-12-10(5-1)9-11-6-2-4-8-13(11)12;1-2-4-5-3-1;1-3-2;;;/h1-9H;1-3H,4H2;1-2H3;2*1H;. The van der Waals surface area contributed by atoms with Crippen molar-refractivity contribution in [2.45, 2.75) is 22.2 Å². The Balaban J connectivity index is 0.00000104. The summed E-state index contributed by atoms with van der Waals surface area (Å²) in [6, 6.07) is 18.3. The molecule has 0 fully saturated rings. The van der Waals surface area contributed by atoms with Crippen molar-refractivity contribution in [2.24, 2.45) is 0 Å². The molecule has 0 aliphatic heterocycles. The summed E-state index contributed by atoms with van der Waals surface area (Å²) in [5, 5.41) is 0. The summed E-state index contributed by atoms with van der Waals surface area (Å²) in [4.78, 5) is 0. The zero-order valence-corrected chi connectivity index (χ0v) is 19.2. The number of rotatable bonds is 2. The number of allylic oxidation sites excluding steroid dienone is 4. The summed E-state index contributed by atoms with van der Waals surface area (Å²) in [6.07, 6.45) is 8.33. The number of benzene rings is 2. The van der Waals surface area contributed by atoms with Gasteiger partial charge < -0.3 is 0 Å². The molecule has 0 saturated heterocycles. The van der Waals surface area contributed by atoms with Gasteiger partial charge in [0.25, 0.3) is 0 Å². The van der Waals surface area contributed by atoms with Gasteiger partial charge >= 0.3 is 141 Å². The molecule has 2 aromatic carbocycles. The van der Waals surface area contributed by atoms with Crippen LogP contribution < -0.4 is 0 Å². The molecule has 0 saturated carbocycles. The second kappa shape index (κ2) is 8.43. The van der Waals surface area contributed by atoms with Crippen molar-refractivity contribution < 1.29 is 15.1 Å². The molecule has 2 aliphatic rings. The zero-order valence-electron chi connectivity index (χ0n) is 14.0. The van der Waals surface area contributed by atoms with Crippen LogP contribution in [0.15, 0.2) is 70.6 Å². The molecule has 4 heteroatoms. The van der Waals surface area contributed by atoms with Gasteiger partial charge in [0.15, 0.2) is 0 Å². The third kappa shape index (κ3) is 3.37. The SMILES string of the molecule is Cl.Cl.[CH3][Ge]([CH3])=[Ti]([C]1=CC=CC1)[CH]1c2ccccc2-c2ccccc21. The first-order valence-electron chi connectivity index (χ1n) is 7.99. The van der Waals surface area contributed by atoms with Gasteiger partial charge in [-0.25, -0.2) is 0 Å². The van der Waals surface area contributed by atoms with Gasteiger partial charge in [-0.1, -0.05) is 0 Å². The Morgan fingerprint density at radius 1 is 0.875 bits per heavy atom. The zero-order chi connectivity index (χ0) is 15.1. The molecule has 2 aromatic rings. The monoisotopic (exact) mass is 454 g/mol. The molecule has 0 heterocycles. The van der Waals surface area contributed by atoms with E-state index in [1.165, 1.54) is 17.5 Å². The Kier molecular flexibility index (Phi) is 7.05. The van der Waals surface area contributed by atoms with Crippen LogP contribution in [-0.4, -0.2) is 11.0 Å². The van der Waals surface area contributed by atoms with Crippen molar-refractivity contribution in [2.75, 3.05) is 0 Å². The van der Waals surface area contributed by atoms with Gasteiger partial charge in [0, 0.05) is 0 Å². The second-order valence-corrected chi connectivity index (χ2v) is 26.5. The number of hydrogen-bond donors (Lipinski definition) is 0. The van der Waals surface area contributed by atoms with E-state index < -0.39 is 26.0 Å². The van der Waals surface area contributed by atoms with E-state index in [-0.39, 0.29) is 24.8 Å². The van der Waals surface area contributed by atoms with Crippen molar-refractivity contribution >= 4 is 35.8 Å². The first-order chi connectivity index (χ1) is 10.8. The predicted molar refractivity (Wildman–Crippen MR) is 108 cm³/mol. The Bertz CT molecular complexity index is 803. The fraction of sp³-hybridized carbons (Fsp3) is 0.200. The fourth-order valence-electron chi connectivity index (χ4n) is 3.91. The van der Waals surface area contributed by atoms with Crippen LogP contribution in [0.25, 0.3) is 11.1 Å². The maximum absolute atomic E-state index is 2.61. The maximum atomic E-state index is 2.61. The molecule has 0 N–H and O–H groups in total. The van der Waals surface area contributed by atoms with Crippen molar-refractivity contribution in [1.82, 2.24) is 0 Å². The van der Waals surface area contributed by atoms with Gasteiger partial charge in [-0.15, -0.1) is 24.8 Å². The van der Waals surface area contributed by atoms with E-state index in [4.69, 9.17) is 0 Å². The molecule has 0 nitrogen and oxygen atoms in total. The molecule has 0 atom stereocenters. The minimum absolute atomic E-state index is 0. The van der Waals surface area contributed by atoms with Crippen LogP contribution in [0.4, 0.5) is 0 Å². The number of fused-ring (bicyclic) bond motifs is 3. The normalized spacial score (nSPS) is 14.2. The van der Waals surface area contributed by atoms with E-state index in [0.29, 0.717) is 0 Å². The second-order valence-electron chi connectivity index (χ2n) is 6.35. The van der Waals surface area contributed by atoms with E-state index in [2.05, 4.69) is 78.3 Å². The van der Waals surface area contributed by atoms with Crippen molar-refractivity contribution in [1.29, 1.82) is 0 Å².